The molecule has 1 aliphatic rings. The predicted molar refractivity (Wildman–Crippen MR) is 142 cm³/mol. The van der Waals surface area contributed by atoms with Crippen molar-refractivity contribution in [3.05, 3.63) is 101 Å². The number of hydrogen-bond acceptors (Lipinski definition) is 4. The summed E-state index contributed by atoms with van der Waals surface area (Å²) >= 11 is 6.14. The van der Waals surface area contributed by atoms with E-state index in [1.807, 2.05) is 19.9 Å². The van der Waals surface area contributed by atoms with Crippen LogP contribution in [-0.4, -0.2) is 40.8 Å². The van der Waals surface area contributed by atoms with Gasteiger partial charge in [0.25, 0.3) is 0 Å². The van der Waals surface area contributed by atoms with E-state index in [-0.39, 0.29) is 24.0 Å². The zero-order valence-electron chi connectivity index (χ0n) is 21.0. The van der Waals surface area contributed by atoms with E-state index >= 15 is 0 Å². The van der Waals surface area contributed by atoms with Crippen molar-refractivity contribution in [2.24, 2.45) is 11.8 Å². The third-order valence-electron chi connectivity index (χ3n) is 6.86. The summed E-state index contributed by atoms with van der Waals surface area (Å²) in [6, 6.07) is 20.8. The molecule has 4 atom stereocenters. The first-order chi connectivity index (χ1) is 17.7. The number of carboxylic acid groups (broad SMARTS) is 1. The van der Waals surface area contributed by atoms with Crippen LogP contribution < -0.4 is 4.74 Å². The second kappa shape index (κ2) is 11.2. The monoisotopic (exact) mass is 519 g/mol. The summed E-state index contributed by atoms with van der Waals surface area (Å²) in [5.74, 6) is -2.66. The normalized spacial score (nSPS) is 21.2. The van der Waals surface area contributed by atoms with Gasteiger partial charge in [-0.05, 0) is 41.3 Å². The second-order valence-electron chi connectivity index (χ2n) is 9.73. The first-order valence-electron chi connectivity index (χ1n) is 12.3. The standard InChI is InChI=1S/C30H30ClNO5/c1-18(2)17-24(33)32-27(20-11-15-23(37-3)16-12-20)26(29(34)21-7-5-4-6-8-21)25(28(32)30(35)36)19-9-13-22(31)14-10-19/h4-16,18,25-28H,17H2,1-3H3,(H,35,36). The van der Waals surface area contributed by atoms with Gasteiger partial charge in [0.05, 0.1) is 19.1 Å². The molecule has 0 spiro atoms. The molecule has 4 unspecified atom stereocenters. The Morgan fingerprint density at radius 2 is 1.51 bits per heavy atom. The summed E-state index contributed by atoms with van der Waals surface area (Å²) in [6.07, 6.45) is 0.163. The number of ketones is 1. The van der Waals surface area contributed by atoms with Crippen LogP contribution in [0.1, 0.15) is 53.7 Å². The third-order valence-corrected chi connectivity index (χ3v) is 7.12. The van der Waals surface area contributed by atoms with E-state index in [1.54, 1.807) is 79.9 Å². The molecule has 1 amide bonds. The molecule has 0 aromatic heterocycles. The molecule has 3 aromatic carbocycles. The molecule has 0 aliphatic carbocycles. The van der Waals surface area contributed by atoms with Gasteiger partial charge >= 0.3 is 5.97 Å². The maximum Gasteiger partial charge on any atom is 0.327 e. The van der Waals surface area contributed by atoms with Gasteiger partial charge in [-0.3, -0.25) is 9.59 Å². The Labute approximate surface area is 221 Å². The van der Waals surface area contributed by atoms with Crippen LogP contribution in [0.3, 0.4) is 0 Å². The molecule has 1 fully saturated rings. The number of carboxylic acids is 1. The van der Waals surface area contributed by atoms with Gasteiger partial charge in [-0.25, -0.2) is 4.79 Å². The smallest absolute Gasteiger partial charge is 0.327 e. The SMILES string of the molecule is COc1ccc(C2C(C(=O)c3ccccc3)C(c3ccc(Cl)cc3)C(C(=O)O)N2C(=O)CC(C)C)cc1. The Hall–Kier alpha value is -3.64. The van der Waals surface area contributed by atoms with Crippen LogP contribution in [0.4, 0.5) is 0 Å². The van der Waals surface area contributed by atoms with E-state index in [0.29, 0.717) is 27.5 Å². The minimum atomic E-state index is -1.24. The maximum atomic E-state index is 14.2. The minimum Gasteiger partial charge on any atom is -0.497 e. The van der Waals surface area contributed by atoms with Crippen molar-refractivity contribution in [2.45, 2.75) is 38.3 Å². The lowest BCUT2D eigenvalue weighted by molar-refractivity contribution is -0.150. The quantitative estimate of drug-likeness (QED) is 0.368. The van der Waals surface area contributed by atoms with Crippen LogP contribution in [-0.2, 0) is 9.59 Å². The molecule has 192 valence electrons. The summed E-state index contributed by atoms with van der Waals surface area (Å²) < 4.78 is 5.31. The summed E-state index contributed by atoms with van der Waals surface area (Å²) in [6.45, 7) is 3.82. The van der Waals surface area contributed by atoms with Crippen molar-refractivity contribution in [1.82, 2.24) is 4.90 Å². The number of ether oxygens (including phenoxy) is 1. The Balaban J connectivity index is 1.97. The fourth-order valence-electron chi connectivity index (χ4n) is 5.29. The van der Waals surface area contributed by atoms with Crippen molar-refractivity contribution in [1.29, 1.82) is 0 Å². The second-order valence-corrected chi connectivity index (χ2v) is 10.2. The largest absolute Gasteiger partial charge is 0.497 e. The molecule has 1 saturated heterocycles. The Morgan fingerprint density at radius 3 is 2.05 bits per heavy atom. The number of benzene rings is 3. The van der Waals surface area contributed by atoms with Crippen molar-refractivity contribution >= 4 is 29.3 Å². The number of Topliss-reactive ketones (excluding diaryl/α,β-unsaturated/α-hetero) is 1. The molecule has 37 heavy (non-hydrogen) atoms. The minimum absolute atomic E-state index is 0.0105. The lowest BCUT2D eigenvalue weighted by Gasteiger charge is -2.31. The van der Waals surface area contributed by atoms with Crippen molar-refractivity contribution in [3.63, 3.8) is 0 Å². The number of carbonyl (C=O) groups excluding carboxylic acids is 2. The van der Waals surface area contributed by atoms with E-state index in [1.165, 1.54) is 4.90 Å². The average molecular weight is 520 g/mol. The van der Waals surface area contributed by atoms with Crippen LogP contribution >= 0.6 is 11.6 Å². The maximum absolute atomic E-state index is 14.2. The molecule has 1 aliphatic heterocycles. The highest BCUT2D eigenvalue weighted by Crippen LogP contribution is 2.52. The van der Waals surface area contributed by atoms with Crippen molar-refractivity contribution in [3.8, 4) is 5.75 Å². The molecule has 1 heterocycles. The molecule has 0 saturated carbocycles. The molecular weight excluding hydrogens is 490 g/mol. The molecule has 7 heteroatoms. The Morgan fingerprint density at radius 1 is 0.919 bits per heavy atom. The number of rotatable bonds is 8. The van der Waals surface area contributed by atoms with Gasteiger partial charge in [0.1, 0.15) is 11.8 Å². The number of nitrogens with zero attached hydrogens (tertiary/aromatic N) is 1. The fraction of sp³-hybridized carbons (Fsp3) is 0.300. The molecule has 0 radical (unpaired) electrons. The zero-order chi connectivity index (χ0) is 26.7. The predicted octanol–water partition coefficient (Wildman–Crippen LogP) is 6.01. The summed E-state index contributed by atoms with van der Waals surface area (Å²) in [5, 5.41) is 11.0. The number of carbonyl (C=O) groups is 3. The number of methoxy groups -OCH3 is 1. The van der Waals surface area contributed by atoms with Crippen LogP contribution in [0.25, 0.3) is 0 Å². The highest BCUT2D eigenvalue weighted by Gasteiger charge is 2.57. The lowest BCUT2D eigenvalue weighted by atomic mass is 9.76. The van der Waals surface area contributed by atoms with Gasteiger partial charge in [0, 0.05) is 22.9 Å². The molecule has 1 N–H and O–H groups in total. The summed E-state index contributed by atoms with van der Waals surface area (Å²) in [7, 11) is 1.56. The topological polar surface area (TPSA) is 83.9 Å². The highest BCUT2D eigenvalue weighted by atomic mass is 35.5. The number of hydrogen-bond donors (Lipinski definition) is 1. The van der Waals surface area contributed by atoms with Crippen LogP contribution in [0.5, 0.6) is 5.75 Å². The van der Waals surface area contributed by atoms with E-state index < -0.39 is 29.9 Å². The Kier molecular flexibility index (Phi) is 7.98. The van der Waals surface area contributed by atoms with Gasteiger partial charge in [-0.2, -0.15) is 0 Å². The Bertz CT molecular complexity index is 1260. The zero-order valence-corrected chi connectivity index (χ0v) is 21.8. The van der Waals surface area contributed by atoms with Gasteiger partial charge in [-0.1, -0.05) is 80.0 Å². The number of halogens is 1. The van der Waals surface area contributed by atoms with E-state index in [9.17, 15) is 19.5 Å². The highest BCUT2D eigenvalue weighted by molar-refractivity contribution is 6.30. The molecule has 4 rings (SSSR count). The number of amides is 1. The van der Waals surface area contributed by atoms with Crippen molar-refractivity contribution in [2.75, 3.05) is 7.11 Å². The number of aliphatic carboxylic acids is 1. The van der Waals surface area contributed by atoms with E-state index in [0.717, 1.165) is 0 Å². The van der Waals surface area contributed by atoms with Crippen LogP contribution in [0.2, 0.25) is 5.02 Å². The first-order valence-corrected chi connectivity index (χ1v) is 12.6. The molecular formula is C30H30ClNO5. The number of likely N-dealkylation sites (tertiary alicyclic amines) is 1. The average Bonchev–Trinajstić information content (AvgIpc) is 3.25. The third kappa shape index (κ3) is 5.39. The molecule has 0 bridgehead atoms. The van der Waals surface area contributed by atoms with Gasteiger partial charge < -0.3 is 14.7 Å². The summed E-state index contributed by atoms with van der Waals surface area (Å²) in [5.41, 5.74) is 1.78. The van der Waals surface area contributed by atoms with Crippen LogP contribution in [0, 0.1) is 11.8 Å². The van der Waals surface area contributed by atoms with Crippen molar-refractivity contribution < 1.29 is 24.2 Å². The van der Waals surface area contributed by atoms with Crippen LogP contribution in [0.15, 0.2) is 78.9 Å². The van der Waals surface area contributed by atoms with Gasteiger partial charge in [0.2, 0.25) is 5.91 Å². The fourth-order valence-corrected chi connectivity index (χ4v) is 5.42. The van der Waals surface area contributed by atoms with Gasteiger partial charge in [0.15, 0.2) is 5.78 Å². The lowest BCUT2D eigenvalue weighted by Crippen LogP contribution is -2.44. The molecule has 6 nitrogen and oxygen atoms in total. The molecule has 3 aromatic rings. The van der Waals surface area contributed by atoms with E-state index in [2.05, 4.69) is 0 Å². The van der Waals surface area contributed by atoms with E-state index in [4.69, 9.17) is 16.3 Å². The summed E-state index contributed by atoms with van der Waals surface area (Å²) in [4.78, 5) is 42.2. The van der Waals surface area contributed by atoms with Gasteiger partial charge in [-0.15, -0.1) is 0 Å². The first kappa shape index (κ1) is 26.4.